The lowest BCUT2D eigenvalue weighted by Crippen LogP contribution is -2.49. The molecule has 0 radical (unpaired) electrons. The van der Waals surface area contributed by atoms with Crippen molar-refractivity contribution in [2.45, 2.75) is 24.0 Å². The number of rotatable bonds is 0. The molecular formula is C7H10BrNOS. The minimum Gasteiger partial charge on any atom is -0.306 e. The third-order valence-electron chi connectivity index (χ3n) is 1.84. The molecule has 0 N–H and O–H groups in total. The molecule has 0 saturated carbocycles. The Labute approximate surface area is 80.8 Å². The largest absolute Gasteiger partial charge is 0.306 e. The average molecular weight is 236 g/mol. The van der Waals surface area contributed by atoms with Crippen LogP contribution < -0.4 is 0 Å². The van der Waals surface area contributed by atoms with Crippen LogP contribution in [-0.4, -0.2) is 21.4 Å². The van der Waals surface area contributed by atoms with E-state index in [4.69, 9.17) is 0 Å². The number of fused-ring (bicyclic) bond motifs is 1. The molecule has 0 spiro atoms. The number of β-lactam (4-membered cyclic amide) rings is 1. The van der Waals surface area contributed by atoms with Gasteiger partial charge >= 0.3 is 0 Å². The summed E-state index contributed by atoms with van der Waals surface area (Å²) in [7, 11) is 0. The minimum absolute atomic E-state index is 0. The van der Waals surface area contributed by atoms with E-state index >= 15 is 0 Å². The molecule has 62 valence electrons. The Bertz CT molecular complexity index is 207. The Balaban J connectivity index is 0.000000605. The molecule has 2 heterocycles. The first-order valence-electron chi connectivity index (χ1n) is 3.42. The standard InChI is InChI=1S/C7H9NOS.BrH/c1-5-2-3-8-6(9)4-7(8)10-5;/h2-3,5,7H,4H2,1H3;1H/t5?,7-;/m1./s1. The summed E-state index contributed by atoms with van der Waals surface area (Å²) in [6.07, 6.45) is 4.72. The SMILES string of the molecule is Br.CC1C=CN2C(=O)C[C@H]2S1. The van der Waals surface area contributed by atoms with E-state index in [1.807, 2.05) is 22.9 Å². The van der Waals surface area contributed by atoms with Crippen LogP contribution in [0, 0.1) is 0 Å². The third-order valence-corrected chi connectivity index (χ3v) is 3.13. The number of halogens is 1. The van der Waals surface area contributed by atoms with Gasteiger partial charge in [0.05, 0.1) is 11.8 Å². The fourth-order valence-corrected chi connectivity index (χ4v) is 2.42. The van der Waals surface area contributed by atoms with E-state index < -0.39 is 0 Å². The Kier molecular flexibility index (Phi) is 2.65. The van der Waals surface area contributed by atoms with Crippen LogP contribution in [0.3, 0.4) is 0 Å². The number of thioether (sulfide) groups is 1. The molecule has 1 fully saturated rings. The predicted octanol–water partition coefficient (Wildman–Crippen LogP) is 1.77. The van der Waals surface area contributed by atoms with Crippen LogP contribution in [0.2, 0.25) is 0 Å². The quantitative estimate of drug-likeness (QED) is 0.597. The highest BCUT2D eigenvalue weighted by atomic mass is 79.9. The molecule has 0 aliphatic carbocycles. The smallest absolute Gasteiger partial charge is 0.230 e. The summed E-state index contributed by atoms with van der Waals surface area (Å²) >= 11 is 1.86. The summed E-state index contributed by atoms with van der Waals surface area (Å²) < 4.78 is 0. The van der Waals surface area contributed by atoms with E-state index in [-0.39, 0.29) is 22.9 Å². The number of hydrogen-bond acceptors (Lipinski definition) is 2. The molecule has 4 heteroatoms. The lowest BCUT2D eigenvalue weighted by atomic mass is 10.2. The first-order valence-corrected chi connectivity index (χ1v) is 4.36. The van der Waals surface area contributed by atoms with Crippen molar-refractivity contribution < 1.29 is 4.79 Å². The summed E-state index contributed by atoms with van der Waals surface area (Å²) in [5, 5.41) is 1.03. The molecule has 0 aromatic carbocycles. The number of nitrogens with zero attached hydrogens (tertiary/aromatic N) is 1. The van der Waals surface area contributed by atoms with Gasteiger partial charge < -0.3 is 4.90 Å². The molecule has 1 saturated heterocycles. The second-order valence-electron chi connectivity index (χ2n) is 2.64. The van der Waals surface area contributed by atoms with Crippen LogP contribution in [0.4, 0.5) is 0 Å². The lowest BCUT2D eigenvalue weighted by Gasteiger charge is -2.41. The summed E-state index contributed by atoms with van der Waals surface area (Å²) in [4.78, 5) is 12.6. The van der Waals surface area contributed by atoms with Gasteiger partial charge in [-0.15, -0.1) is 28.7 Å². The second kappa shape index (κ2) is 3.19. The van der Waals surface area contributed by atoms with E-state index in [0.717, 1.165) is 6.42 Å². The maximum atomic E-state index is 10.8. The van der Waals surface area contributed by atoms with Crippen LogP contribution in [0.25, 0.3) is 0 Å². The molecule has 2 aliphatic rings. The van der Waals surface area contributed by atoms with Crippen molar-refractivity contribution in [3.8, 4) is 0 Å². The van der Waals surface area contributed by atoms with Gasteiger partial charge in [-0.05, 0) is 6.92 Å². The zero-order valence-electron chi connectivity index (χ0n) is 6.19. The molecule has 1 unspecified atom stereocenters. The van der Waals surface area contributed by atoms with Crippen LogP contribution in [0.5, 0.6) is 0 Å². The van der Waals surface area contributed by atoms with Crippen molar-refractivity contribution >= 4 is 34.7 Å². The molecule has 2 atom stereocenters. The van der Waals surface area contributed by atoms with Crippen molar-refractivity contribution in [1.82, 2.24) is 4.90 Å². The molecule has 0 aromatic rings. The van der Waals surface area contributed by atoms with Gasteiger partial charge in [0.25, 0.3) is 0 Å². The van der Waals surface area contributed by atoms with Crippen molar-refractivity contribution in [3.63, 3.8) is 0 Å². The number of carbonyl (C=O) groups is 1. The minimum atomic E-state index is 0. The highest BCUT2D eigenvalue weighted by Gasteiger charge is 2.37. The summed E-state index contributed by atoms with van der Waals surface area (Å²) in [5.74, 6) is 0.264. The van der Waals surface area contributed by atoms with E-state index in [2.05, 4.69) is 13.0 Å². The van der Waals surface area contributed by atoms with Crippen molar-refractivity contribution in [2.75, 3.05) is 0 Å². The Morgan fingerprint density at radius 2 is 2.45 bits per heavy atom. The van der Waals surface area contributed by atoms with Crippen LogP contribution in [0.1, 0.15) is 13.3 Å². The maximum Gasteiger partial charge on any atom is 0.230 e. The van der Waals surface area contributed by atoms with E-state index in [0.29, 0.717) is 10.6 Å². The molecule has 2 aliphatic heterocycles. The zero-order chi connectivity index (χ0) is 7.14. The van der Waals surface area contributed by atoms with E-state index in [1.165, 1.54) is 0 Å². The van der Waals surface area contributed by atoms with E-state index in [1.54, 1.807) is 0 Å². The first-order chi connectivity index (χ1) is 4.77. The Morgan fingerprint density at radius 1 is 1.73 bits per heavy atom. The van der Waals surface area contributed by atoms with Crippen LogP contribution in [-0.2, 0) is 4.79 Å². The fraction of sp³-hybridized carbons (Fsp3) is 0.571. The molecule has 2 nitrogen and oxygen atoms in total. The molecule has 2 rings (SSSR count). The lowest BCUT2D eigenvalue weighted by molar-refractivity contribution is -0.137. The number of carbonyl (C=O) groups excluding carboxylic acids is 1. The number of amides is 1. The Hall–Kier alpha value is 0.0400. The van der Waals surface area contributed by atoms with Gasteiger partial charge in [0.15, 0.2) is 0 Å². The molecule has 1 amide bonds. The summed E-state index contributed by atoms with van der Waals surface area (Å²) in [6.45, 7) is 2.15. The van der Waals surface area contributed by atoms with Gasteiger partial charge in [0.1, 0.15) is 0 Å². The maximum absolute atomic E-state index is 10.8. The van der Waals surface area contributed by atoms with E-state index in [9.17, 15) is 4.79 Å². The van der Waals surface area contributed by atoms with Gasteiger partial charge in [0.2, 0.25) is 5.91 Å². The van der Waals surface area contributed by atoms with Gasteiger partial charge in [-0.1, -0.05) is 6.08 Å². The first kappa shape index (κ1) is 9.13. The predicted molar refractivity (Wildman–Crippen MR) is 51.8 cm³/mol. The average Bonchev–Trinajstić information content (AvgIpc) is 1.86. The zero-order valence-corrected chi connectivity index (χ0v) is 8.72. The molecule has 0 aromatic heterocycles. The summed E-state index contributed by atoms with van der Waals surface area (Å²) in [6, 6.07) is 0. The van der Waals surface area contributed by atoms with Crippen molar-refractivity contribution in [2.24, 2.45) is 0 Å². The molecule has 0 bridgehead atoms. The van der Waals surface area contributed by atoms with Crippen molar-refractivity contribution in [3.05, 3.63) is 12.3 Å². The highest BCUT2D eigenvalue weighted by molar-refractivity contribution is 8.93. The van der Waals surface area contributed by atoms with Gasteiger partial charge in [0, 0.05) is 11.4 Å². The monoisotopic (exact) mass is 235 g/mol. The van der Waals surface area contributed by atoms with Gasteiger partial charge in [-0.3, -0.25) is 4.79 Å². The van der Waals surface area contributed by atoms with Crippen LogP contribution in [0.15, 0.2) is 12.3 Å². The number of hydrogen-bond donors (Lipinski definition) is 0. The van der Waals surface area contributed by atoms with Gasteiger partial charge in [-0.25, -0.2) is 0 Å². The van der Waals surface area contributed by atoms with Crippen LogP contribution >= 0.6 is 28.7 Å². The topological polar surface area (TPSA) is 20.3 Å². The third kappa shape index (κ3) is 1.47. The molecular weight excluding hydrogens is 226 g/mol. The van der Waals surface area contributed by atoms with Gasteiger partial charge in [-0.2, -0.15) is 0 Å². The normalized spacial score (nSPS) is 33.9. The van der Waals surface area contributed by atoms with Crippen molar-refractivity contribution in [1.29, 1.82) is 0 Å². The second-order valence-corrected chi connectivity index (χ2v) is 4.20. The fourth-order valence-electron chi connectivity index (χ4n) is 1.20. The highest BCUT2D eigenvalue weighted by Crippen LogP contribution is 2.36. The summed E-state index contributed by atoms with van der Waals surface area (Å²) in [5.41, 5.74) is 0. The molecule has 11 heavy (non-hydrogen) atoms. The Morgan fingerprint density at radius 3 is 3.00 bits per heavy atom.